The van der Waals surface area contributed by atoms with Gasteiger partial charge >= 0.3 is 6.18 Å². The molecule has 0 unspecified atom stereocenters. The average Bonchev–Trinajstić information content (AvgIpc) is 2.86. The predicted molar refractivity (Wildman–Crippen MR) is 53.4 cm³/mol. The molecular weight excluding hydrogens is 257 g/mol. The Kier molecular flexibility index (Phi) is 3.22. The van der Waals surface area contributed by atoms with Crippen LogP contribution in [-0.2, 0) is 12.7 Å². The monoisotopic (exact) mass is 264 g/mol. The van der Waals surface area contributed by atoms with Gasteiger partial charge in [0.05, 0.1) is 12.7 Å². The molecule has 0 radical (unpaired) electrons. The van der Waals surface area contributed by atoms with E-state index in [2.05, 4.69) is 25.0 Å². The van der Waals surface area contributed by atoms with Crippen LogP contribution in [-0.4, -0.2) is 30.9 Å². The van der Waals surface area contributed by atoms with Crippen molar-refractivity contribution in [2.45, 2.75) is 12.7 Å². The molecule has 0 aliphatic rings. The molecule has 0 saturated heterocycles. The lowest BCUT2D eigenvalue weighted by molar-refractivity contribution is -0.144. The zero-order chi connectivity index (χ0) is 12.3. The number of alkyl halides is 3. The molecule has 2 aromatic heterocycles. The van der Waals surface area contributed by atoms with Crippen molar-refractivity contribution in [3.05, 3.63) is 18.2 Å². The normalized spacial score (nSPS) is 11.7. The van der Waals surface area contributed by atoms with E-state index in [1.165, 1.54) is 6.20 Å². The van der Waals surface area contributed by atoms with Gasteiger partial charge in [-0.1, -0.05) is 5.21 Å². The Bertz CT molecular complexity index is 464. The van der Waals surface area contributed by atoms with Crippen molar-refractivity contribution in [2.24, 2.45) is 0 Å². The first-order valence-corrected chi connectivity index (χ1v) is 5.32. The summed E-state index contributed by atoms with van der Waals surface area (Å²) in [6, 6.07) is 0. The standard InChI is InChI=1S/C7H7F3N6S/c8-7(9,10)5-13-6(17-14-5)11-1-3-16-4-2-12-15-16/h2,4H,1,3H2,(H,11,13,14). The quantitative estimate of drug-likeness (QED) is 0.900. The van der Waals surface area contributed by atoms with Crippen molar-refractivity contribution in [1.82, 2.24) is 24.4 Å². The second-order valence-corrected chi connectivity index (χ2v) is 3.77. The molecule has 6 nitrogen and oxygen atoms in total. The highest BCUT2D eigenvalue weighted by atomic mass is 32.1. The Morgan fingerprint density at radius 2 is 2.24 bits per heavy atom. The van der Waals surface area contributed by atoms with Gasteiger partial charge in [-0.3, -0.25) is 4.68 Å². The summed E-state index contributed by atoms with van der Waals surface area (Å²) in [4.78, 5) is 3.33. The van der Waals surface area contributed by atoms with Crippen molar-refractivity contribution in [3.8, 4) is 0 Å². The van der Waals surface area contributed by atoms with E-state index >= 15 is 0 Å². The van der Waals surface area contributed by atoms with Crippen molar-refractivity contribution < 1.29 is 13.2 Å². The number of nitrogens with zero attached hydrogens (tertiary/aromatic N) is 5. The maximum Gasteiger partial charge on any atom is 0.452 e. The third kappa shape index (κ3) is 3.12. The molecule has 0 bridgehead atoms. The van der Waals surface area contributed by atoms with Gasteiger partial charge in [-0.25, -0.2) is 0 Å². The molecule has 0 aromatic carbocycles. The summed E-state index contributed by atoms with van der Waals surface area (Å²) in [5, 5.41) is 10.2. The molecule has 0 aliphatic heterocycles. The van der Waals surface area contributed by atoms with Crippen molar-refractivity contribution >= 4 is 16.7 Å². The minimum atomic E-state index is -4.50. The van der Waals surface area contributed by atoms with E-state index < -0.39 is 12.0 Å². The molecule has 0 amide bonds. The molecule has 0 atom stereocenters. The van der Waals surface area contributed by atoms with Crippen molar-refractivity contribution in [2.75, 3.05) is 11.9 Å². The largest absolute Gasteiger partial charge is 0.452 e. The molecule has 2 rings (SSSR count). The van der Waals surface area contributed by atoms with Crippen molar-refractivity contribution in [3.63, 3.8) is 0 Å². The summed E-state index contributed by atoms with van der Waals surface area (Å²) in [7, 11) is 0. The summed E-state index contributed by atoms with van der Waals surface area (Å²) in [5.74, 6) is -1.12. The molecule has 1 N–H and O–H groups in total. The zero-order valence-corrected chi connectivity index (χ0v) is 9.16. The van der Waals surface area contributed by atoms with Crippen LogP contribution in [0.2, 0.25) is 0 Å². The lowest BCUT2D eigenvalue weighted by Gasteiger charge is -2.01. The molecule has 0 aliphatic carbocycles. The van der Waals surface area contributed by atoms with E-state index in [1.54, 1.807) is 10.9 Å². The number of hydrogen-bond donors (Lipinski definition) is 1. The van der Waals surface area contributed by atoms with Crippen LogP contribution in [0.25, 0.3) is 0 Å². The summed E-state index contributed by atoms with van der Waals surface area (Å²) < 4.78 is 41.3. The minimum absolute atomic E-state index is 0.137. The fraction of sp³-hybridized carbons (Fsp3) is 0.429. The van der Waals surface area contributed by atoms with Gasteiger partial charge in [-0.2, -0.15) is 22.5 Å². The average molecular weight is 264 g/mol. The fourth-order valence-electron chi connectivity index (χ4n) is 1.04. The van der Waals surface area contributed by atoms with E-state index in [9.17, 15) is 13.2 Å². The highest BCUT2D eigenvalue weighted by Gasteiger charge is 2.36. The summed E-state index contributed by atoms with van der Waals surface area (Å²) in [6.07, 6.45) is -1.32. The molecule has 2 aromatic rings. The first-order chi connectivity index (χ1) is 8.05. The molecule has 17 heavy (non-hydrogen) atoms. The Labute approximate surface area is 97.6 Å². The maximum atomic E-state index is 12.2. The molecule has 2 heterocycles. The van der Waals surface area contributed by atoms with Gasteiger partial charge < -0.3 is 5.32 Å². The summed E-state index contributed by atoms with van der Waals surface area (Å²) in [6.45, 7) is 0.886. The summed E-state index contributed by atoms with van der Waals surface area (Å²) in [5.41, 5.74) is 0. The Hall–Kier alpha value is -1.71. The van der Waals surface area contributed by atoms with Gasteiger partial charge in [0.25, 0.3) is 0 Å². The first kappa shape index (κ1) is 11.8. The van der Waals surface area contributed by atoms with E-state index in [0.29, 0.717) is 24.6 Å². The summed E-state index contributed by atoms with van der Waals surface area (Å²) >= 11 is 0.676. The SMILES string of the molecule is FC(F)(F)c1nsc(NCCn2ccnn2)n1. The number of rotatable bonds is 4. The van der Waals surface area contributed by atoms with Crippen LogP contribution in [0, 0.1) is 0 Å². The number of hydrogen-bond acceptors (Lipinski definition) is 6. The Balaban J connectivity index is 1.85. The number of nitrogens with one attached hydrogen (secondary N) is 1. The van der Waals surface area contributed by atoms with E-state index in [-0.39, 0.29) is 5.13 Å². The van der Waals surface area contributed by atoms with Crippen LogP contribution >= 0.6 is 11.5 Å². The van der Waals surface area contributed by atoms with Gasteiger partial charge in [0.15, 0.2) is 0 Å². The maximum absolute atomic E-state index is 12.2. The van der Waals surface area contributed by atoms with Gasteiger partial charge in [-0.15, -0.1) is 5.10 Å². The molecule has 0 spiro atoms. The Morgan fingerprint density at radius 3 is 2.82 bits per heavy atom. The van der Waals surface area contributed by atoms with Crippen LogP contribution < -0.4 is 5.32 Å². The van der Waals surface area contributed by atoms with E-state index in [1.807, 2.05) is 0 Å². The topological polar surface area (TPSA) is 68.5 Å². The number of aromatic nitrogens is 5. The Morgan fingerprint density at radius 1 is 1.41 bits per heavy atom. The number of halogens is 3. The van der Waals surface area contributed by atoms with Crippen LogP contribution in [0.15, 0.2) is 12.4 Å². The molecule has 92 valence electrons. The van der Waals surface area contributed by atoms with Gasteiger partial charge in [0.2, 0.25) is 11.0 Å². The fourth-order valence-corrected chi connectivity index (χ4v) is 1.65. The predicted octanol–water partition coefficient (Wildman–Crippen LogP) is 1.26. The minimum Gasteiger partial charge on any atom is -0.358 e. The lowest BCUT2D eigenvalue weighted by atomic mass is 10.6. The van der Waals surface area contributed by atoms with E-state index in [4.69, 9.17) is 0 Å². The smallest absolute Gasteiger partial charge is 0.358 e. The second kappa shape index (κ2) is 4.65. The highest BCUT2D eigenvalue weighted by Crippen LogP contribution is 2.28. The van der Waals surface area contributed by atoms with Crippen LogP contribution in [0.1, 0.15) is 5.82 Å². The van der Waals surface area contributed by atoms with Crippen LogP contribution in [0.4, 0.5) is 18.3 Å². The molecule has 0 saturated carbocycles. The van der Waals surface area contributed by atoms with E-state index in [0.717, 1.165) is 0 Å². The van der Waals surface area contributed by atoms with Gasteiger partial charge in [-0.05, 0) is 0 Å². The van der Waals surface area contributed by atoms with Gasteiger partial charge in [0.1, 0.15) is 0 Å². The third-order valence-corrected chi connectivity index (χ3v) is 2.44. The zero-order valence-electron chi connectivity index (χ0n) is 8.35. The van der Waals surface area contributed by atoms with Crippen molar-refractivity contribution in [1.29, 1.82) is 0 Å². The van der Waals surface area contributed by atoms with Crippen LogP contribution in [0.3, 0.4) is 0 Å². The van der Waals surface area contributed by atoms with Gasteiger partial charge in [0, 0.05) is 24.3 Å². The third-order valence-electron chi connectivity index (χ3n) is 1.77. The molecular formula is C7H7F3N6S. The lowest BCUT2D eigenvalue weighted by Crippen LogP contribution is -2.11. The first-order valence-electron chi connectivity index (χ1n) is 4.54. The van der Waals surface area contributed by atoms with Crippen LogP contribution in [0.5, 0.6) is 0 Å². The molecule has 0 fully saturated rings. The molecule has 10 heteroatoms. The second-order valence-electron chi connectivity index (χ2n) is 3.01. The number of anilines is 1. The highest BCUT2D eigenvalue weighted by molar-refractivity contribution is 7.09.